The minimum Gasteiger partial charge on any atom is -0.456 e. The van der Waals surface area contributed by atoms with Gasteiger partial charge in [-0.2, -0.15) is 4.31 Å². The number of carbonyl (C=O) groups is 3. The Morgan fingerprint density at radius 2 is 1.60 bits per heavy atom. The molecule has 86 heavy (non-hydrogen) atoms. The summed E-state index contributed by atoms with van der Waals surface area (Å²) >= 11 is 28.3. The molecule has 6 heterocycles. The van der Waals surface area contributed by atoms with Gasteiger partial charge in [0.25, 0.3) is 17.4 Å². The third kappa shape index (κ3) is 12.5. The Morgan fingerprint density at radius 3 is 2.28 bits per heavy atom. The van der Waals surface area contributed by atoms with Crippen LogP contribution in [-0.4, -0.2) is 133 Å². The quantitative estimate of drug-likeness (QED) is 0.0159. The summed E-state index contributed by atoms with van der Waals surface area (Å²) in [5.41, 5.74) is 10.8. The van der Waals surface area contributed by atoms with Gasteiger partial charge in [-0.25, -0.2) is 23.1 Å². The Kier molecular flexibility index (Phi) is 18.2. The number of H-pyrrole nitrogens is 1. The van der Waals surface area contributed by atoms with Gasteiger partial charge >= 0.3 is 27.4 Å². The molecule has 462 valence electrons. The predicted molar refractivity (Wildman–Crippen MR) is 323 cm³/mol. The van der Waals surface area contributed by atoms with E-state index >= 15 is 4.79 Å². The number of carbonyl (C=O) groups excluding carboxylic acids is 3. The number of fused-ring (bicyclic) bond motifs is 5. The van der Waals surface area contributed by atoms with Gasteiger partial charge in [-0.3, -0.25) is 28.5 Å². The molecule has 0 aliphatic carbocycles. The minimum absolute atomic E-state index is 0.00821. The number of phosphoric acid groups is 2. The monoisotopic (exact) mass is 1310 g/mol. The number of aryl methyl sites for hydroxylation is 1. The highest BCUT2D eigenvalue weighted by Crippen LogP contribution is 2.58. The SMILES string of the molecule is CCN1c2cc3c(cc2C(C)=CC1(C)C)C(c1c(Cl)c(Cl)c(Cl)c(Cl)c1C(=O)N(C)CCCC(=O)NCCNC(=O)O[C@@H]1[C@H](O)[C@@H](COP(=O)(O)OP(=O)(O)O)O[C@H]1[n+]1cn(C)c2c(=O)[nH]c(N)nc21)=c1cc2c(cc1O3)=[N+](CC)C(C)(C)C=C2C. The summed E-state index contributed by atoms with van der Waals surface area (Å²) in [7, 11) is -7.91. The van der Waals surface area contributed by atoms with E-state index in [1.807, 2.05) is 12.1 Å². The summed E-state index contributed by atoms with van der Waals surface area (Å²) in [4.78, 5) is 92.6. The van der Waals surface area contributed by atoms with Crippen molar-refractivity contribution < 1.29 is 70.9 Å². The van der Waals surface area contributed by atoms with E-state index in [1.54, 1.807) is 7.05 Å². The summed E-state index contributed by atoms with van der Waals surface area (Å²) < 4.78 is 55.3. The van der Waals surface area contributed by atoms with Crippen molar-refractivity contribution in [2.24, 2.45) is 7.05 Å². The molecule has 4 aliphatic heterocycles. The summed E-state index contributed by atoms with van der Waals surface area (Å²) in [6, 6.07) is 8.18. The van der Waals surface area contributed by atoms with Crippen LogP contribution in [0.4, 0.5) is 16.4 Å². The highest BCUT2D eigenvalue weighted by Gasteiger charge is 2.52. The third-order valence-corrected chi connectivity index (χ3v) is 19.4. The molecular formula is C55H66Cl4N10O15P2+2. The molecule has 5 aromatic rings. The molecule has 1 saturated heterocycles. The molecular weight excluding hydrogens is 1240 g/mol. The Hall–Kier alpha value is -5.89. The number of amides is 3. The lowest BCUT2D eigenvalue weighted by atomic mass is 9.83. The highest BCUT2D eigenvalue weighted by atomic mass is 35.5. The Bertz CT molecular complexity index is 4040. The van der Waals surface area contributed by atoms with Crippen molar-refractivity contribution >= 4 is 119 Å². The number of ether oxygens (including phenoxy) is 3. The van der Waals surface area contributed by atoms with Gasteiger partial charge in [0.1, 0.15) is 30.3 Å². The third-order valence-electron chi connectivity index (χ3n) is 15.5. The van der Waals surface area contributed by atoms with E-state index in [-0.39, 0.29) is 91.9 Å². The summed E-state index contributed by atoms with van der Waals surface area (Å²) in [6.45, 7) is 17.1. The molecule has 9 N–H and O–H groups in total. The molecule has 4 aliphatic rings. The van der Waals surface area contributed by atoms with Crippen LogP contribution in [0, 0.1) is 0 Å². The first-order valence-corrected chi connectivity index (χ1v) is 31.8. The van der Waals surface area contributed by atoms with Crippen LogP contribution in [0.3, 0.4) is 0 Å². The Labute approximate surface area is 513 Å². The standard InChI is InChI=1S/C55H64Cl4N10O15P2/c1-11-68-32-20-34-30(18-28(32)26(3)22-54(68,5)6)38(31-19-29-27(4)23-55(7,8)69(12-2)33(29)21-35(31)81-34)39-40(42(57)44(59)43(58)41(39)56)50(73)65(9)17-13-14-37(70)61-15-16-62-53(74)83-47-46(71)36(24-80-86(78,79)84-85(75,76)77)82-51(47)67-25-66(10)45-48(67)63-52(60)64-49(45)72/h18-23,25,36,46-47,51,71H,11-17,24H2,1-10H3,(H6-2,60,61,62,63,64,70,72,74,75,76,77,78,79)/p+2/t36-,46-,47-,51-/m1/s1. The predicted octanol–water partition coefficient (Wildman–Crippen LogP) is 6.07. The van der Waals surface area contributed by atoms with Crippen LogP contribution >= 0.6 is 62.0 Å². The second kappa shape index (κ2) is 24.2. The number of likely N-dealkylation sites (N-methyl/N-ethyl adjacent to an activating group) is 2. The van der Waals surface area contributed by atoms with E-state index in [4.69, 9.17) is 76.1 Å². The van der Waals surface area contributed by atoms with Crippen molar-refractivity contribution in [3.05, 3.63) is 112 Å². The number of benzene rings is 3. The maximum absolute atomic E-state index is 15.1. The van der Waals surface area contributed by atoms with E-state index in [0.717, 1.165) is 33.3 Å². The van der Waals surface area contributed by atoms with Gasteiger partial charge in [-0.1, -0.05) is 57.5 Å². The van der Waals surface area contributed by atoms with Gasteiger partial charge in [0, 0.05) is 98.3 Å². The van der Waals surface area contributed by atoms with Crippen molar-refractivity contribution in [1.29, 1.82) is 0 Å². The molecule has 9 rings (SSSR count). The van der Waals surface area contributed by atoms with Crippen LogP contribution in [0.25, 0.3) is 27.9 Å². The number of aliphatic hydroxyl groups excluding tert-OH is 1. The number of anilines is 2. The molecule has 0 saturated carbocycles. The molecule has 0 radical (unpaired) electrons. The number of allylic oxidation sites excluding steroid dienone is 2. The first-order valence-electron chi connectivity index (χ1n) is 27.2. The van der Waals surface area contributed by atoms with E-state index in [9.17, 15) is 33.5 Å². The van der Waals surface area contributed by atoms with E-state index < -0.39 is 70.3 Å². The van der Waals surface area contributed by atoms with Gasteiger partial charge in [-0.05, 0) is 77.3 Å². The van der Waals surface area contributed by atoms with Crippen LogP contribution < -0.4 is 51.3 Å². The fourth-order valence-corrected chi connectivity index (χ4v) is 14.5. The minimum atomic E-state index is -5.52. The van der Waals surface area contributed by atoms with Crippen LogP contribution in [-0.2, 0) is 39.3 Å². The molecule has 0 bridgehead atoms. The molecule has 0 spiro atoms. The largest absolute Gasteiger partial charge is 0.481 e. The Morgan fingerprint density at radius 1 is 0.930 bits per heavy atom. The second-order valence-corrected chi connectivity index (χ2v) is 26.6. The molecule has 1 unspecified atom stereocenters. The summed E-state index contributed by atoms with van der Waals surface area (Å²) in [5, 5.41) is 17.8. The average molecular weight is 1310 g/mol. The maximum atomic E-state index is 15.1. The van der Waals surface area contributed by atoms with Gasteiger partial charge in [0.05, 0.1) is 50.9 Å². The van der Waals surface area contributed by atoms with Gasteiger partial charge in [0.2, 0.25) is 23.0 Å². The first kappa shape index (κ1) is 64.6. The Balaban J connectivity index is 0.925. The fraction of sp³-hybridized carbons (Fsp3) is 0.436. The number of nitrogens with two attached hydrogens (primary N) is 1. The highest BCUT2D eigenvalue weighted by molar-refractivity contribution is 7.60. The number of phosphoric ester groups is 1. The number of rotatable bonds is 18. The van der Waals surface area contributed by atoms with Crippen LogP contribution in [0.2, 0.25) is 20.1 Å². The lowest BCUT2D eigenvalue weighted by Gasteiger charge is -2.43. The molecule has 31 heteroatoms. The molecule has 5 atom stereocenters. The van der Waals surface area contributed by atoms with E-state index in [0.29, 0.717) is 40.9 Å². The molecule has 3 aromatic carbocycles. The number of alkyl carbamates (subject to hydrolysis) is 1. The number of halogens is 4. The number of imidazole rings is 1. The van der Waals surface area contributed by atoms with Crippen LogP contribution in [0.1, 0.15) is 107 Å². The van der Waals surface area contributed by atoms with Crippen LogP contribution in [0.15, 0.2) is 47.5 Å². The first-order chi connectivity index (χ1) is 40.2. The summed E-state index contributed by atoms with van der Waals surface area (Å²) in [6.07, 6.45) is -1.94. The summed E-state index contributed by atoms with van der Waals surface area (Å²) in [5.74, 6) is -0.265. The van der Waals surface area contributed by atoms with Crippen molar-refractivity contribution in [3.8, 4) is 11.5 Å². The zero-order chi connectivity index (χ0) is 63.0. The normalized spacial score (nSPS) is 20.0. The fourth-order valence-electron chi connectivity index (χ4n) is 11.9. The van der Waals surface area contributed by atoms with Crippen molar-refractivity contribution in [2.45, 2.75) is 104 Å². The lowest BCUT2D eigenvalue weighted by molar-refractivity contribution is -0.745. The zero-order valence-electron chi connectivity index (χ0n) is 48.5. The molecule has 25 nitrogen and oxygen atoms in total. The number of nitrogen functional groups attached to an aromatic ring is 1. The smallest absolute Gasteiger partial charge is 0.456 e. The van der Waals surface area contributed by atoms with Crippen molar-refractivity contribution in [3.63, 3.8) is 0 Å². The number of aromatic amines is 1. The molecule has 1 fully saturated rings. The number of aliphatic hydroxyl groups is 1. The maximum Gasteiger partial charge on any atom is 0.481 e. The van der Waals surface area contributed by atoms with E-state index in [1.165, 1.54) is 27.4 Å². The van der Waals surface area contributed by atoms with Crippen molar-refractivity contribution in [2.75, 3.05) is 57.0 Å². The zero-order valence-corrected chi connectivity index (χ0v) is 53.3. The number of hydrogen-bond acceptors (Lipinski definition) is 15. The number of nitrogens with zero attached hydrogens (tertiary/aromatic N) is 6. The lowest BCUT2D eigenvalue weighted by Crippen LogP contribution is -2.49. The van der Waals surface area contributed by atoms with Gasteiger partial charge in [-0.15, -0.1) is 0 Å². The number of hydrogen-bond donors (Lipinski definition) is 8. The topological polar surface area (TPSA) is 327 Å². The number of aromatic nitrogens is 4. The van der Waals surface area contributed by atoms with Gasteiger partial charge in [0.15, 0.2) is 18.0 Å². The van der Waals surface area contributed by atoms with Crippen molar-refractivity contribution in [1.82, 2.24) is 34.6 Å². The number of nitrogens with one attached hydrogen (secondary N) is 3. The average Bonchev–Trinajstić information content (AvgIpc) is 0.902. The second-order valence-electron chi connectivity index (χ2n) is 22.3. The van der Waals surface area contributed by atoms with Crippen LogP contribution in [0.5, 0.6) is 11.5 Å². The molecule has 2 aromatic heterocycles. The molecule has 3 amide bonds. The van der Waals surface area contributed by atoms with E-state index in [2.05, 4.69) is 119 Å². The van der Waals surface area contributed by atoms with Gasteiger partial charge < -0.3 is 60.2 Å².